The van der Waals surface area contributed by atoms with Gasteiger partial charge in [0.05, 0.1) is 22.9 Å². The normalized spacial score (nSPS) is 17.6. The first-order valence-electron chi connectivity index (χ1n) is 10.0. The molecule has 1 aromatic heterocycles. The van der Waals surface area contributed by atoms with Gasteiger partial charge in [-0.05, 0) is 49.4 Å². The number of rotatable bonds is 5. The highest BCUT2D eigenvalue weighted by Crippen LogP contribution is 2.44. The van der Waals surface area contributed by atoms with Crippen LogP contribution in [0.1, 0.15) is 55.0 Å². The van der Waals surface area contributed by atoms with E-state index in [9.17, 15) is 22.7 Å². The molecule has 1 aliphatic carbocycles. The van der Waals surface area contributed by atoms with E-state index < -0.39 is 21.6 Å². The Hall–Kier alpha value is -2.67. The molecule has 30 heavy (non-hydrogen) atoms. The summed E-state index contributed by atoms with van der Waals surface area (Å²) in [5, 5.41) is 10.0. The van der Waals surface area contributed by atoms with E-state index in [0.717, 1.165) is 35.6 Å². The summed E-state index contributed by atoms with van der Waals surface area (Å²) in [7, 11) is -3.71. The number of carboxylic acids is 1. The van der Waals surface area contributed by atoms with Crippen LogP contribution < -0.4 is 0 Å². The summed E-state index contributed by atoms with van der Waals surface area (Å²) in [6, 6.07) is 11.9. The van der Waals surface area contributed by atoms with E-state index in [1.54, 1.807) is 0 Å². The molecule has 0 aliphatic heterocycles. The Balaban J connectivity index is 2.12. The minimum Gasteiger partial charge on any atom is -0.481 e. The third kappa shape index (κ3) is 3.51. The molecular formula is C23H24FNO4S. The van der Waals surface area contributed by atoms with Crippen molar-refractivity contribution in [2.45, 2.75) is 49.5 Å². The van der Waals surface area contributed by atoms with Crippen molar-refractivity contribution >= 4 is 26.7 Å². The van der Waals surface area contributed by atoms with Crippen LogP contribution in [0.5, 0.6) is 0 Å². The van der Waals surface area contributed by atoms with Crippen LogP contribution >= 0.6 is 0 Å². The quantitative estimate of drug-likeness (QED) is 0.638. The number of aliphatic carboxylic acids is 1. The summed E-state index contributed by atoms with van der Waals surface area (Å²) in [4.78, 5) is 11.5. The van der Waals surface area contributed by atoms with Gasteiger partial charge in [0.15, 0.2) is 9.84 Å². The topological polar surface area (TPSA) is 76.4 Å². The Bertz CT molecular complexity index is 1230. The number of sulfone groups is 1. The average Bonchev–Trinajstić information content (AvgIpc) is 3.01. The van der Waals surface area contributed by atoms with Gasteiger partial charge in [0.25, 0.3) is 0 Å². The average molecular weight is 430 g/mol. The van der Waals surface area contributed by atoms with Crippen molar-refractivity contribution in [3.63, 3.8) is 0 Å². The molecule has 0 radical (unpaired) electrons. The second-order valence-electron chi connectivity index (χ2n) is 8.08. The van der Waals surface area contributed by atoms with Gasteiger partial charge < -0.3 is 9.67 Å². The molecule has 7 heteroatoms. The van der Waals surface area contributed by atoms with Crippen molar-refractivity contribution in [2.24, 2.45) is 0 Å². The van der Waals surface area contributed by atoms with Gasteiger partial charge in [-0.15, -0.1) is 0 Å². The Morgan fingerprint density at radius 3 is 2.60 bits per heavy atom. The first-order valence-corrected chi connectivity index (χ1v) is 11.9. The highest BCUT2D eigenvalue weighted by Gasteiger charge is 2.33. The van der Waals surface area contributed by atoms with E-state index in [-0.39, 0.29) is 23.3 Å². The molecule has 1 N–H and O–H groups in total. The number of fused-ring (bicyclic) bond motifs is 3. The number of nitrogens with zero attached hydrogens (tertiary/aromatic N) is 1. The largest absolute Gasteiger partial charge is 0.481 e. The lowest BCUT2D eigenvalue weighted by Crippen LogP contribution is -2.20. The van der Waals surface area contributed by atoms with Gasteiger partial charge >= 0.3 is 5.97 Å². The minimum absolute atomic E-state index is 0.0402. The van der Waals surface area contributed by atoms with Gasteiger partial charge in [-0.25, -0.2) is 12.8 Å². The lowest BCUT2D eigenvalue weighted by Gasteiger charge is -2.28. The smallest absolute Gasteiger partial charge is 0.304 e. The summed E-state index contributed by atoms with van der Waals surface area (Å²) in [6.07, 6.45) is 3.20. The maximum absolute atomic E-state index is 14.5. The Kier molecular flexibility index (Phi) is 5.18. The maximum atomic E-state index is 14.5. The van der Waals surface area contributed by atoms with Crippen molar-refractivity contribution < 1.29 is 22.7 Å². The molecule has 1 aliphatic rings. The first kappa shape index (κ1) is 20.6. The van der Waals surface area contributed by atoms with E-state index in [1.807, 2.05) is 41.8 Å². The summed E-state index contributed by atoms with van der Waals surface area (Å²) in [6.45, 7) is 1.97. The maximum Gasteiger partial charge on any atom is 0.304 e. The standard InChI is InChI=1S/C23H24FNO4S/c1-14(15-7-4-3-5-8-15)25-22-16(11-21(26)27)9-6-10-18(22)19-12-17(24)13-20(23(19)25)30(2,28)29/h3-5,7-8,12-14,16H,6,9-11H2,1-2H3,(H,26,27)/t14-,16?/m0/s1. The highest BCUT2D eigenvalue weighted by molar-refractivity contribution is 7.91. The van der Waals surface area contributed by atoms with E-state index in [1.165, 1.54) is 6.07 Å². The third-order valence-corrected chi connectivity index (χ3v) is 7.14. The van der Waals surface area contributed by atoms with Gasteiger partial charge in [0, 0.05) is 23.3 Å². The molecule has 1 heterocycles. The van der Waals surface area contributed by atoms with Gasteiger partial charge in [0.1, 0.15) is 5.82 Å². The van der Waals surface area contributed by atoms with Crippen molar-refractivity contribution in [2.75, 3.05) is 6.26 Å². The number of carbonyl (C=O) groups is 1. The number of halogens is 1. The van der Waals surface area contributed by atoms with Crippen LogP contribution in [0.25, 0.3) is 10.9 Å². The molecule has 2 atom stereocenters. The van der Waals surface area contributed by atoms with Crippen LogP contribution in [0.3, 0.4) is 0 Å². The zero-order valence-electron chi connectivity index (χ0n) is 16.9. The highest BCUT2D eigenvalue weighted by atomic mass is 32.2. The molecule has 1 unspecified atom stereocenters. The predicted octanol–water partition coefficient (Wildman–Crippen LogP) is 4.69. The first-order chi connectivity index (χ1) is 14.2. The van der Waals surface area contributed by atoms with Crippen molar-refractivity contribution in [3.8, 4) is 0 Å². The number of benzene rings is 2. The van der Waals surface area contributed by atoms with Crippen molar-refractivity contribution in [3.05, 3.63) is 65.1 Å². The molecular weight excluding hydrogens is 405 g/mol. The molecule has 0 spiro atoms. The number of aromatic nitrogens is 1. The molecule has 0 amide bonds. The SMILES string of the molecule is C[C@@H](c1ccccc1)n1c2c(c3cc(F)cc(S(C)(=O)=O)c31)CCCC2CC(=O)O. The van der Waals surface area contributed by atoms with Crippen LogP contribution in [-0.2, 0) is 21.1 Å². The zero-order chi connectivity index (χ0) is 21.6. The fourth-order valence-electron chi connectivity index (χ4n) is 4.80. The molecule has 0 saturated heterocycles. The summed E-state index contributed by atoms with van der Waals surface area (Å²) >= 11 is 0. The molecule has 0 fully saturated rings. The van der Waals surface area contributed by atoms with Crippen LogP contribution in [0.4, 0.5) is 4.39 Å². The number of carboxylic acid groups (broad SMARTS) is 1. The van der Waals surface area contributed by atoms with Gasteiger partial charge in [0.2, 0.25) is 0 Å². The van der Waals surface area contributed by atoms with Crippen LogP contribution in [-0.4, -0.2) is 30.3 Å². The lowest BCUT2D eigenvalue weighted by molar-refractivity contribution is -0.137. The molecule has 5 nitrogen and oxygen atoms in total. The Morgan fingerprint density at radius 2 is 1.97 bits per heavy atom. The predicted molar refractivity (Wildman–Crippen MR) is 113 cm³/mol. The Labute approximate surface area is 175 Å². The van der Waals surface area contributed by atoms with Crippen molar-refractivity contribution in [1.82, 2.24) is 4.57 Å². The third-order valence-electron chi connectivity index (χ3n) is 6.03. The number of hydrogen-bond acceptors (Lipinski definition) is 3. The molecule has 2 aromatic carbocycles. The second kappa shape index (κ2) is 7.54. The molecule has 3 aromatic rings. The van der Waals surface area contributed by atoms with Crippen LogP contribution in [0, 0.1) is 5.82 Å². The van der Waals surface area contributed by atoms with E-state index in [2.05, 4.69) is 0 Å². The number of hydrogen-bond donors (Lipinski definition) is 1. The summed E-state index contributed by atoms with van der Waals surface area (Å²) in [5.41, 5.74) is 3.14. The van der Waals surface area contributed by atoms with Gasteiger partial charge in [-0.3, -0.25) is 4.79 Å². The minimum atomic E-state index is -3.71. The Morgan fingerprint density at radius 1 is 1.27 bits per heavy atom. The van der Waals surface area contributed by atoms with Crippen molar-refractivity contribution in [1.29, 1.82) is 0 Å². The van der Waals surface area contributed by atoms with E-state index in [4.69, 9.17) is 0 Å². The fraction of sp³-hybridized carbons (Fsp3) is 0.348. The second-order valence-corrected chi connectivity index (χ2v) is 10.1. The number of aryl methyl sites for hydroxylation is 1. The fourth-order valence-corrected chi connectivity index (χ4v) is 5.69. The van der Waals surface area contributed by atoms with Crippen LogP contribution in [0.2, 0.25) is 0 Å². The van der Waals surface area contributed by atoms with Crippen LogP contribution in [0.15, 0.2) is 47.4 Å². The van der Waals surface area contributed by atoms with Gasteiger partial charge in [-0.2, -0.15) is 0 Å². The molecule has 0 bridgehead atoms. The summed E-state index contributed by atoms with van der Waals surface area (Å²) < 4.78 is 41.6. The molecule has 158 valence electrons. The van der Waals surface area contributed by atoms with Gasteiger partial charge in [-0.1, -0.05) is 30.3 Å². The van der Waals surface area contributed by atoms with E-state index >= 15 is 0 Å². The molecule has 0 saturated carbocycles. The summed E-state index contributed by atoms with van der Waals surface area (Å²) in [5.74, 6) is -1.75. The lowest BCUT2D eigenvalue weighted by atomic mass is 9.84. The molecule has 4 rings (SSSR count). The monoisotopic (exact) mass is 429 g/mol. The zero-order valence-corrected chi connectivity index (χ0v) is 17.7. The van der Waals surface area contributed by atoms with E-state index in [0.29, 0.717) is 23.7 Å².